The first-order valence-electron chi connectivity index (χ1n) is 19.6. The Labute approximate surface area is 352 Å². The van der Waals surface area contributed by atoms with Gasteiger partial charge >= 0.3 is 6.09 Å². The number of nitrogens with one attached hydrogen (secondary N) is 2. The standard InChI is InChI=1S/C23H24ClN5O4.C19H19ClN4O2/c1-23(5-6-23)33-22(30)29-9-14-11-31-12-15(10-29)21(14)32-20-8-19(26-13-27-20)28-18-4-3-16(25-2)7-17(18)24;1-21-14-5-6-16(15(20)7-14)24-17-8-18(23-11-22-17)26-19-12-3-2-4-13(19)10-25-9-12/h3-4,7-8,13-15,21H,5-6,9-12H2,1H3,(H,26,27,28);5-8,11-13,19H,2-4,9-10H2,(H,22,23,24). The second-order valence-corrected chi connectivity index (χ2v) is 16.5. The Hall–Kier alpha value is -5.45. The average molecular weight is 841 g/mol. The van der Waals surface area contributed by atoms with E-state index in [1.165, 1.54) is 19.1 Å². The molecule has 5 aliphatic rings. The van der Waals surface area contributed by atoms with E-state index in [1.807, 2.05) is 6.92 Å². The van der Waals surface area contributed by atoms with Crippen molar-refractivity contribution in [2.45, 2.75) is 56.8 Å². The number of rotatable bonds is 9. The number of benzene rings is 2. The maximum atomic E-state index is 12.6. The van der Waals surface area contributed by atoms with E-state index in [9.17, 15) is 4.79 Å². The minimum absolute atomic E-state index is 0.0269. The average Bonchev–Trinajstić information content (AvgIpc) is 3.95. The molecule has 5 fully saturated rings. The predicted molar refractivity (Wildman–Crippen MR) is 220 cm³/mol. The zero-order chi connectivity index (χ0) is 40.9. The van der Waals surface area contributed by atoms with E-state index in [2.05, 4.69) is 40.3 Å². The van der Waals surface area contributed by atoms with Crippen LogP contribution in [0.3, 0.4) is 0 Å². The molecule has 59 heavy (non-hydrogen) atoms. The van der Waals surface area contributed by atoms with Gasteiger partial charge in [-0.15, -0.1) is 0 Å². The molecule has 3 saturated heterocycles. The molecule has 4 unspecified atom stereocenters. The number of carbonyl (C=O) groups is 1. The number of nitrogens with zero attached hydrogens (tertiary/aromatic N) is 7. The largest absolute Gasteiger partial charge is 0.473 e. The first-order chi connectivity index (χ1) is 28.6. The fourth-order valence-electron chi connectivity index (χ4n) is 7.92. The summed E-state index contributed by atoms with van der Waals surface area (Å²) < 4.78 is 29.6. The van der Waals surface area contributed by atoms with Crippen LogP contribution in [0.5, 0.6) is 11.8 Å². The Morgan fingerprint density at radius 1 is 0.746 bits per heavy atom. The fraction of sp³-hybridized carbons (Fsp3) is 0.452. The molecular formula is C42H43Cl2N9O6. The summed E-state index contributed by atoms with van der Waals surface area (Å²) in [5.74, 6) is 3.04. The summed E-state index contributed by atoms with van der Waals surface area (Å²) in [7, 11) is 0. The van der Waals surface area contributed by atoms with Crippen molar-refractivity contribution in [3.63, 3.8) is 0 Å². The lowest BCUT2D eigenvalue weighted by Crippen LogP contribution is -2.59. The Morgan fingerprint density at radius 2 is 1.22 bits per heavy atom. The molecule has 0 spiro atoms. The number of carbonyl (C=O) groups excluding carboxylic acids is 1. The van der Waals surface area contributed by atoms with Gasteiger partial charge in [-0.25, -0.2) is 34.4 Å². The molecule has 5 heterocycles. The molecule has 2 N–H and O–H groups in total. The van der Waals surface area contributed by atoms with Crippen LogP contribution in [0.25, 0.3) is 9.69 Å². The van der Waals surface area contributed by atoms with E-state index in [0.29, 0.717) is 94.3 Å². The Bertz CT molecular complexity index is 2210. The van der Waals surface area contributed by atoms with Crippen molar-refractivity contribution in [3.8, 4) is 11.8 Å². The summed E-state index contributed by atoms with van der Waals surface area (Å²) in [6, 6.07) is 13.6. The van der Waals surface area contributed by atoms with Gasteiger partial charge in [-0.3, -0.25) is 0 Å². The van der Waals surface area contributed by atoms with Gasteiger partial charge in [-0.05, 0) is 56.9 Å². The van der Waals surface area contributed by atoms with Crippen LogP contribution in [0.4, 0.5) is 39.2 Å². The van der Waals surface area contributed by atoms with Gasteiger partial charge in [0, 0.05) is 48.9 Å². The molecule has 1 amide bonds. The third-order valence-corrected chi connectivity index (χ3v) is 11.9. The summed E-state index contributed by atoms with van der Waals surface area (Å²) in [5, 5.41) is 7.20. The molecule has 4 aromatic rings. The molecule has 2 saturated carbocycles. The molecule has 17 heteroatoms. The lowest BCUT2D eigenvalue weighted by molar-refractivity contribution is -0.111. The van der Waals surface area contributed by atoms with Gasteiger partial charge in [0.1, 0.15) is 42.1 Å². The predicted octanol–water partition coefficient (Wildman–Crippen LogP) is 9.06. The van der Waals surface area contributed by atoms with Gasteiger partial charge in [0.25, 0.3) is 0 Å². The van der Waals surface area contributed by atoms with Crippen molar-refractivity contribution < 1.29 is 28.5 Å². The van der Waals surface area contributed by atoms with E-state index in [-0.39, 0.29) is 35.7 Å². The number of anilines is 4. The first-order valence-corrected chi connectivity index (χ1v) is 20.4. The zero-order valence-electron chi connectivity index (χ0n) is 32.4. The number of ether oxygens (including phenoxy) is 5. The van der Waals surface area contributed by atoms with E-state index >= 15 is 0 Å². The van der Waals surface area contributed by atoms with Gasteiger partial charge < -0.3 is 39.2 Å². The zero-order valence-corrected chi connectivity index (χ0v) is 33.9. The molecule has 4 atom stereocenters. The Kier molecular flexibility index (Phi) is 12.2. The molecule has 2 aromatic heterocycles. The van der Waals surface area contributed by atoms with Gasteiger partial charge in [-0.2, -0.15) is 0 Å². The third kappa shape index (κ3) is 9.89. The smallest absolute Gasteiger partial charge is 0.410 e. The van der Waals surface area contributed by atoms with E-state index < -0.39 is 0 Å². The number of piperidine rings is 1. The van der Waals surface area contributed by atoms with Crippen LogP contribution in [0.2, 0.25) is 10.0 Å². The number of halogens is 2. The van der Waals surface area contributed by atoms with E-state index in [0.717, 1.165) is 38.9 Å². The molecule has 306 valence electrons. The highest BCUT2D eigenvalue weighted by atomic mass is 35.5. The van der Waals surface area contributed by atoms with Crippen LogP contribution >= 0.6 is 23.2 Å². The van der Waals surface area contributed by atoms with Crippen LogP contribution in [0.15, 0.2) is 61.2 Å². The molecule has 4 bridgehead atoms. The summed E-state index contributed by atoms with van der Waals surface area (Å²) in [6.45, 7) is 19.7. The molecule has 3 aliphatic heterocycles. The molecule has 9 rings (SSSR count). The maximum Gasteiger partial charge on any atom is 0.410 e. The number of fused-ring (bicyclic) bond motifs is 4. The molecule has 15 nitrogen and oxygen atoms in total. The highest BCUT2D eigenvalue weighted by Crippen LogP contribution is 2.41. The van der Waals surface area contributed by atoms with Crippen LogP contribution in [-0.2, 0) is 14.2 Å². The second kappa shape index (κ2) is 17.8. The van der Waals surface area contributed by atoms with Crippen molar-refractivity contribution in [1.82, 2.24) is 24.8 Å². The van der Waals surface area contributed by atoms with Crippen molar-refractivity contribution in [2.75, 3.05) is 50.2 Å². The molecular weight excluding hydrogens is 797 g/mol. The van der Waals surface area contributed by atoms with Crippen molar-refractivity contribution in [1.29, 1.82) is 0 Å². The highest BCUT2D eigenvalue weighted by Gasteiger charge is 2.47. The maximum absolute atomic E-state index is 12.6. The monoisotopic (exact) mass is 839 g/mol. The summed E-state index contributed by atoms with van der Waals surface area (Å²) in [6.07, 6.45) is 8.06. The molecule has 2 aliphatic carbocycles. The number of hydrogen-bond acceptors (Lipinski definition) is 12. The molecule has 0 radical (unpaired) electrons. The van der Waals surface area contributed by atoms with Crippen LogP contribution < -0.4 is 20.1 Å². The number of hydrogen-bond donors (Lipinski definition) is 2. The number of aromatic nitrogens is 4. The van der Waals surface area contributed by atoms with Crippen molar-refractivity contribution in [2.24, 2.45) is 23.7 Å². The minimum Gasteiger partial charge on any atom is -0.473 e. The normalized spacial score (nSPS) is 24.8. The summed E-state index contributed by atoms with van der Waals surface area (Å²) >= 11 is 12.5. The Morgan fingerprint density at radius 3 is 1.68 bits per heavy atom. The SMILES string of the molecule is [C-]#[N+]c1ccc(Nc2cc(OC3C4CCCC3COC4)ncn2)c(Cl)c1.[C-]#[N+]c1ccc(Nc2cc(OC3C4COCC3CN(C(=O)OC3(C)CC3)C4)ncn2)c(Cl)c1. The van der Waals surface area contributed by atoms with Gasteiger partial charge in [0.15, 0.2) is 11.4 Å². The van der Waals surface area contributed by atoms with Crippen molar-refractivity contribution in [3.05, 3.63) is 94.1 Å². The minimum atomic E-state index is -0.292. The third-order valence-electron chi connectivity index (χ3n) is 11.3. The quantitative estimate of drug-likeness (QED) is 0.155. The summed E-state index contributed by atoms with van der Waals surface area (Å²) in [5.41, 5.74) is 1.99. The topological polar surface area (TPSA) is 151 Å². The van der Waals surface area contributed by atoms with Crippen LogP contribution in [0, 0.1) is 36.8 Å². The lowest BCUT2D eigenvalue weighted by atomic mass is 9.78. The van der Waals surface area contributed by atoms with Crippen LogP contribution in [-0.4, -0.2) is 88.3 Å². The lowest BCUT2D eigenvalue weighted by Gasteiger charge is -2.46. The fourth-order valence-corrected chi connectivity index (χ4v) is 8.36. The highest BCUT2D eigenvalue weighted by molar-refractivity contribution is 6.34. The van der Waals surface area contributed by atoms with Gasteiger partial charge in [-0.1, -0.05) is 41.8 Å². The van der Waals surface area contributed by atoms with E-state index in [4.69, 9.17) is 60.0 Å². The molecule has 2 aromatic carbocycles. The van der Waals surface area contributed by atoms with Gasteiger partial charge in [0.05, 0.1) is 61.0 Å². The number of likely N-dealkylation sites (tertiary alicyclic amines) is 1. The van der Waals surface area contributed by atoms with Crippen LogP contribution in [0.1, 0.15) is 39.0 Å². The summed E-state index contributed by atoms with van der Waals surface area (Å²) in [4.78, 5) is 38.1. The first kappa shape index (κ1) is 40.3. The van der Waals surface area contributed by atoms with E-state index in [1.54, 1.807) is 53.4 Å². The van der Waals surface area contributed by atoms with Crippen molar-refractivity contribution >= 4 is 63.7 Å². The number of amides is 1. The Balaban J connectivity index is 0.000000169. The second-order valence-electron chi connectivity index (χ2n) is 15.7. The van der Waals surface area contributed by atoms with Gasteiger partial charge in [0.2, 0.25) is 11.8 Å².